The van der Waals surface area contributed by atoms with Crippen LogP contribution < -0.4 is 9.64 Å². The van der Waals surface area contributed by atoms with Gasteiger partial charge in [-0.1, -0.05) is 42.5 Å². The van der Waals surface area contributed by atoms with E-state index in [0.29, 0.717) is 11.4 Å². The lowest BCUT2D eigenvalue weighted by Gasteiger charge is -2.31. The molecule has 1 aliphatic heterocycles. The second-order valence-electron chi connectivity index (χ2n) is 6.57. The molecular formula is C21H22N2O5. The molecule has 0 bridgehead atoms. The molecule has 7 heteroatoms. The van der Waals surface area contributed by atoms with Gasteiger partial charge >= 0.3 is 5.97 Å². The van der Waals surface area contributed by atoms with E-state index in [0.717, 1.165) is 5.56 Å². The third kappa shape index (κ3) is 4.31. The van der Waals surface area contributed by atoms with Crippen LogP contribution in [0, 0.1) is 0 Å². The number of anilines is 1. The summed E-state index contributed by atoms with van der Waals surface area (Å²) in [4.78, 5) is 39.4. The molecule has 2 aromatic carbocycles. The molecule has 0 spiro atoms. The number of para-hydroxylation sites is 2. The smallest absolute Gasteiger partial charge is 0.326 e. The van der Waals surface area contributed by atoms with Crippen LogP contribution >= 0.6 is 0 Å². The number of nitrogens with zero attached hydrogens (tertiary/aromatic N) is 2. The van der Waals surface area contributed by atoms with Crippen molar-refractivity contribution in [2.75, 3.05) is 18.1 Å². The molecule has 2 amide bonds. The fraction of sp³-hybridized carbons (Fsp3) is 0.286. The van der Waals surface area contributed by atoms with Gasteiger partial charge in [0.15, 0.2) is 6.61 Å². The van der Waals surface area contributed by atoms with Gasteiger partial charge in [0.25, 0.3) is 5.91 Å². The molecule has 0 radical (unpaired) electrons. The van der Waals surface area contributed by atoms with Crippen molar-refractivity contribution in [3.8, 4) is 5.75 Å². The van der Waals surface area contributed by atoms with Crippen LogP contribution in [0.2, 0.25) is 0 Å². The van der Waals surface area contributed by atoms with Crippen LogP contribution in [0.1, 0.15) is 18.9 Å². The Bertz CT molecular complexity index is 868. The predicted molar refractivity (Wildman–Crippen MR) is 103 cm³/mol. The van der Waals surface area contributed by atoms with Crippen molar-refractivity contribution in [1.82, 2.24) is 4.90 Å². The maximum Gasteiger partial charge on any atom is 0.326 e. The molecule has 1 atom stereocenters. The Morgan fingerprint density at radius 1 is 1.14 bits per heavy atom. The molecule has 0 saturated carbocycles. The van der Waals surface area contributed by atoms with Crippen LogP contribution in [-0.2, 0) is 20.9 Å². The van der Waals surface area contributed by atoms with Crippen molar-refractivity contribution in [3.63, 3.8) is 0 Å². The highest BCUT2D eigenvalue weighted by Crippen LogP contribution is 2.31. The number of carboxylic acids is 1. The van der Waals surface area contributed by atoms with Gasteiger partial charge in [0.2, 0.25) is 5.91 Å². The Hall–Kier alpha value is -3.35. The van der Waals surface area contributed by atoms with E-state index >= 15 is 0 Å². The van der Waals surface area contributed by atoms with Crippen LogP contribution in [-0.4, -0.2) is 47.0 Å². The molecule has 2 aromatic rings. The summed E-state index contributed by atoms with van der Waals surface area (Å²) >= 11 is 0. The normalized spacial score (nSPS) is 14.0. The summed E-state index contributed by atoms with van der Waals surface area (Å²) in [7, 11) is 0. The van der Waals surface area contributed by atoms with Crippen LogP contribution in [0.5, 0.6) is 5.75 Å². The van der Waals surface area contributed by atoms with Gasteiger partial charge in [0.1, 0.15) is 11.8 Å². The predicted octanol–water partition coefficient (Wildman–Crippen LogP) is 2.30. The quantitative estimate of drug-likeness (QED) is 0.794. The largest absolute Gasteiger partial charge is 0.482 e. The minimum atomic E-state index is -1.07. The summed E-state index contributed by atoms with van der Waals surface area (Å²) in [5.74, 6) is -1.03. The summed E-state index contributed by atoms with van der Waals surface area (Å²) in [6, 6.07) is 15.4. The number of aliphatic carboxylic acids is 1. The number of carbonyl (C=O) groups is 3. The van der Waals surface area contributed by atoms with E-state index in [2.05, 4.69) is 0 Å². The van der Waals surface area contributed by atoms with E-state index in [9.17, 15) is 19.5 Å². The van der Waals surface area contributed by atoms with Crippen molar-refractivity contribution in [3.05, 3.63) is 60.2 Å². The van der Waals surface area contributed by atoms with E-state index in [1.54, 1.807) is 18.2 Å². The number of rotatable bonds is 7. The fourth-order valence-electron chi connectivity index (χ4n) is 3.10. The van der Waals surface area contributed by atoms with Crippen LogP contribution in [0.4, 0.5) is 5.69 Å². The van der Waals surface area contributed by atoms with E-state index in [1.807, 2.05) is 36.4 Å². The Morgan fingerprint density at radius 3 is 2.54 bits per heavy atom. The maximum absolute atomic E-state index is 12.8. The van der Waals surface area contributed by atoms with Gasteiger partial charge in [-0.15, -0.1) is 0 Å². The van der Waals surface area contributed by atoms with Gasteiger partial charge < -0.3 is 19.6 Å². The number of carbonyl (C=O) groups excluding carboxylic acids is 2. The summed E-state index contributed by atoms with van der Waals surface area (Å²) in [5, 5.41) is 9.39. The van der Waals surface area contributed by atoms with E-state index in [1.165, 1.54) is 16.7 Å². The summed E-state index contributed by atoms with van der Waals surface area (Å²) in [5.41, 5.74) is 1.46. The number of amides is 2. The first-order valence-electron chi connectivity index (χ1n) is 9.05. The summed E-state index contributed by atoms with van der Waals surface area (Å²) in [6.07, 6.45) is 0.0184. The first kappa shape index (κ1) is 19.4. The van der Waals surface area contributed by atoms with Crippen molar-refractivity contribution in [2.24, 2.45) is 0 Å². The highest BCUT2D eigenvalue weighted by Gasteiger charge is 2.29. The number of ether oxygens (including phenoxy) is 1. The molecule has 28 heavy (non-hydrogen) atoms. The Kier molecular flexibility index (Phi) is 5.93. The second-order valence-corrected chi connectivity index (χ2v) is 6.57. The lowest BCUT2D eigenvalue weighted by Crippen LogP contribution is -2.45. The van der Waals surface area contributed by atoms with Gasteiger partial charge in [-0.05, 0) is 24.6 Å². The van der Waals surface area contributed by atoms with Crippen molar-refractivity contribution >= 4 is 23.5 Å². The first-order valence-corrected chi connectivity index (χ1v) is 9.05. The molecule has 3 rings (SSSR count). The average Bonchev–Trinajstić information content (AvgIpc) is 2.71. The van der Waals surface area contributed by atoms with Crippen LogP contribution in [0.15, 0.2) is 54.6 Å². The highest BCUT2D eigenvalue weighted by molar-refractivity contribution is 5.98. The Morgan fingerprint density at radius 2 is 1.82 bits per heavy atom. The maximum atomic E-state index is 12.8. The summed E-state index contributed by atoms with van der Waals surface area (Å²) in [6.45, 7) is 1.76. The third-order valence-electron chi connectivity index (χ3n) is 4.70. The van der Waals surface area contributed by atoms with Gasteiger partial charge in [0, 0.05) is 19.5 Å². The van der Waals surface area contributed by atoms with Crippen molar-refractivity contribution < 1.29 is 24.2 Å². The highest BCUT2D eigenvalue weighted by atomic mass is 16.5. The standard InChI is InChI=1S/C21H22N2O5/c1-15(21(26)27)23(13-16-7-3-2-4-8-16)19(24)11-12-22-17-9-5-6-10-18(17)28-14-20(22)25/h2-10,15H,11-14H2,1H3,(H,26,27). The zero-order valence-electron chi connectivity index (χ0n) is 15.6. The molecule has 1 N–H and O–H groups in total. The fourth-order valence-corrected chi connectivity index (χ4v) is 3.10. The molecule has 1 aliphatic rings. The molecular weight excluding hydrogens is 360 g/mol. The number of benzene rings is 2. The monoisotopic (exact) mass is 382 g/mol. The van der Waals surface area contributed by atoms with Gasteiger partial charge in [-0.25, -0.2) is 4.79 Å². The van der Waals surface area contributed by atoms with Gasteiger partial charge in [0.05, 0.1) is 5.69 Å². The topological polar surface area (TPSA) is 87.2 Å². The van der Waals surface area contributed by atoms with Gasteiger partial charge in [-0.2, -0.15) is 0 Å². The first-order chi connectivity index (χ1) is 13.5. The second kappa shape index (κ2) is 8.56. The number of fused-ring (bicyclic) bond motifs is 1. The number of hydrogen-bond acceptors (Lipinski definition) is 4. The Balaban J connectivity index is 1.73. The number of hydrogen-bond donors (Lipinski definition) is 1. The SMILES string of the molecule is CC(C(=O)O)N(Cc1ccccc1)C(=O)CCN1C(=O)COc2ccccc21. The molecule has 7 nitrogen and oxygen atoms in total. The zero-order valence-corrected chi connectivity index (χ0v) is 15.6. The average molecular weight is 382 g/mol. The lowest BCUT2D eigenvalue weighted by molar-refractivity contribution is -0.150. The van der Waals surface area contributed by atoms with Crippen LogP contribution in [0.3, 0.4) is 0 Å². The minimum absolute atomic E-state index is 0.0184. The van der Waals surface area contributed by atoms with E-state index in [4.69, 9.17) is 4.74 Å². The van der Waals surface area contributed by atoms with Crippen LogP contribution in [0.25, 0.3) is 0 Å². The van der Waals surface area contributed by atoms with Crippen molar-refractivity contribution in [1.29, 1.82) is 0 Å². The molecule has 0 fully saturated rings. The lowest BCUT2D eigenvalue weighted by atomic mass is 10.1. The molecule has 0 aliphatic carbocycles. The van der Waals surface area contributed by atoms with Crippen molar-refractivity contribution in [2.45, 2.75) is 25.9 Å². The molecule has 0 saturated heterocycles. The summed E-state index contributed by atoms with van der Waals surface area (Å²) < 4.78 is 5.40. The molecule has 1 unspecified atom stereocenters. The van der Waals surface area contributed by atoms with E-state index in [-0.39, 0.29) is 37.9 Å². The Labute approximate surface area is 163 Å². The van der Waals surface area contributed by atoms with Gasteiger partial charge in [-0.3, -0.25) is 9.59 Å². The molecule has 146 valence electrons. The zero-order chi connectivity index (χ0) is 20.1. The van der Waals surface area contributed by atoms with E-state index < -0.39 is 12.0 Å². The third-order valence-corrected chi connectivity index (χ3v) is 4.70. The molecule has 0 aromatic heterocycles. The number of carboxylic acid groups (broad SMARTS) is 1. The minimum Gasteiger partial charge on any atom is -0.482 e. The molecule has 1 heterocycles.